The maximum Gasteiger partial charge on any atom is 0.266 e. The number of carbonyl (C=O) groups is 1. The number of benzene rings is 2. The number of anilines is 1. The molecule has 0 aliphatic rings. The van der Waals surface area contributed by atoms with Crippen LogP contribution in [-0.2, 0) is 4.79 Å². The lowest BCUT2D eigenvalue weighted by atomic mass is 10.1. The summed E-state index contributed by atoms with van der Waals surface area (Å²) in [6.07, 6.45) is 1.40. The zero-order valence-corrected chi connectivity index (χ0v) is 19.6. The van der Waals surface area contributed by atoms with Gasteiger partial charge in [-0.2, -0.15) is 0 Å². The number of hydrogen-bond acceptors (Lipinski definition) is 5. The second kappa shape index (κ2) is 9.32. The molecule has 4 rings (SSSR count). The Labute approximate surface area is 198 Å². The first kappa shape index (κ1) is 22.3. The number of thioether (sulfide) groups is 1. The van der Waals surface area contributed by atoms with Gasteiger partial charge in [0.25, 0.3) is 5.56 Å². The molecule has 0 unspecified atom stereocenters. The Kier molecular flexibility index (Phi) is 6.50. The van der Waals surface area contributed by atoms with Crippen molar-refractivity contribution in [1.29, 1.82) is 0 Å². The normalized spacial score (nSPS) is 11.0. The summed E-state index contributed by atoms with van der Waals surface area (Å²) in [4.78, 5) is 34.7. The lowest BCUT2D eigenvalue weighted by Gasteiger charge is -2.17. The molecule has 0 atom stereocenters. The molecule has 1 N–H and O–H groups in total. The van der Waals surface area contributed by atoms with Crippen LogP contribution in [0.3, 0.4) is 0 Å². The highest BCUT2D eigenvalue weighted by Gasteiger charge is 2.18. The molecule has 2 aromatic carbocycles. The Bertz CT molecular complexity index is 1380. The maximum atomic E-state index is 13.4. The first-order valence-corrected chi connectivity index (χ1v) is 11.4. The van der Waals surface area contributed by atoms with Gasteiger partial charge in [0.15, 0.2) is 11.0 Å². The summed E-state index contributed by atoms with van der Waals surface area (Å²) < 4.78 is 1.58. The first-order valence-electron chi connectivity index (χ1n) is 9.67. The van der Waals surface area contributed by atoms with Crippen molar-refractivity contribution in [2.75, 3.05) is 11.1 Å². The third-order valence-corrected chi connectivity index (χ3v) is 6.24. The molecule has 0 saturated heterocycles. The third-order valence-electron chi connectivity index (χ3n) is 4.81. The molecular weight excluding hydrogens is 467 g/mol. The van der Waals surface area contributed by atoms with Crippen LogP contribution < -0.4 is 10.9 Å². The van der Waals surface area contributed by atoms with E-state index in [0.29, 0.717) is 21.1 Å². The van der Waals surface area contributed by atoms with Gasteiger partial charge in [-0.1, -0.05) is 65.3 Å². The van der Waals surface area contributed by atoms with Crippen LogP contribution in [0.1, 0.15) is 11.1 Å². The number of halogens is 2. The van der Waals surface area contributed by atoms with Gasteiger partial charge in [0, 0.05) is 6.20 Å². The summed E-state index contributed by atoms with van der Waals surface area (Å²) >= 11 is 13.1. The molecule has 0 saturated carbocycles. The highest BCUT2D eigenvalue weighted by atomic mass is 35.5. The van der Waals surface area contributed by atoms with Crippen LogP contribution in [0.15, 0.2) is 64.7 Å². The molecule has 0 bridgehead atoms. The number of nitrogens with zero attached hydrogens (tertiary/aromatic N) is 3. The SMILES string of the molecule is Cc1cccc(C)c1-n1c(SCC(=O)Nc2ncc(Cl)cc2Cl)nc2ccccc2c1=O. The second-order valence-corrected chi connectivity index (χ2v) is 8.90. The lowest BCUT2D eigenvalue weighted by molar-refractivity contribution is -0.113. The predicted molar refractivity (Wildman–Crippen MR) is 130 cm³/mol. The molecule has 2 heterocycles. The van der Waals surface area contributed by atoms with Crippen LogP contribution >= 0.6 is 35.0 Å². The van der Waals surface area contributed by atoms with Gasteiger partial charge in [0.2, 0.25) is 5.91 Å². The van der Waals surface area contributed by atoms with E-state index in [1.807, 2.05) is 44.2 Å². The predicted octanol–water partition coefficient (Wildman–Crippen LogP) is 5.44. The summed E-state index contributed by atoms with van der Waals surface area (Å²) in [7, 11) is 0. The fourth-order valence-corrected chi connectivity index (χ4v) is 4.60. The summed E-state index contributed by atoms with van der Waals surface area (Å²) in [6.45, 7) is 3.89. The third kappa shape index (κ3) is 4.50. The molecule has 0 fully saturated rings. The van der Waals surface area contributed by atoms with E-state index in [4.69, 9.17) is 23.2 Å². The minimum Gasteiger partial charge on any atom is -0.309 e. The number of hydrogen-bond donors (Lipinski definition) is 1. The highest BCUT2D eigenvalue weighted by molar-refractivity contribution is 7.99. The molecular formula is C23H18Cl2N4O2S. The van der Waals surface area contributed by atoms with E-state index in [-0.39, 0.29) is 28.1 Å². The Morgan fingerprint density at radius 1 is 1.09 bits per heavy atom. The largest absolute Gasteiger partial charge is 0.309 e. The van der Waals surface area contributed by atoms with Gasteiger partial charge in [0.1, 0.15) is 0 Å². The van der Waals surface area contributed by atoms with Crippen molar-refractivity contribution in [2.45, 2.75) is 19.0 Å². The average molecular weight is 485 g/mol. The Morgan fingerprint density at radius 2 is 1.81 bits per heavy atom. The molecule has 9 heteroatoms. The van der Waals surface area contributed by atoms with Crippen molar-refractivity contribution in [3.05, 3.63) is 86.3 Å². The van der Waals surface area contributed by atoms with Crippen molar-refractivity contribution in [1.82, 2.24) is 14.5 Å². The van der Waals surface area contributed by atoms with E-state index >= 15 is 0 Å². The maximum absolute atomic E-state index is 13.4. The van der Waals surface area contributed by atoms with E-state index in [1.165, 1.54) is 24.0 Å². The summed E-state index contributed by atoms with van der Waals surface area (Å²) in [5.74, 6) is -0.0986. The molecule has 2 aromatic heterocycles. The number of rotatable bonds is 5. The zero-order valence-electron chi connectivity index (χ0n) is 17.2. The molecule has 0 radical (unpaired) electrons. The van der Waals surface area contributed by atoms with E-state index in [0.717, 1.165) is 16.8 Å². The van der Waals surface area contributed by atoms with Crippen molar-refractivity contribution in [3.63, 3.8) is 0 Å². The summed E-state index contributed by atoms with van der Waals surface area (Å²) in [6, 6.07) is 14.5. The highest BCUT2D eigenvalue weighted by Crippen LogP contribution is 2.26. The fourth-order valence-electron chi connectivity index (χ4n) is 3.37. The minimum atomic E-state index is -0.331. The number of para-hydroxylation sites is 2. The van der Waals surface area contributed by atoms with E-state index in [2.05, 4.69) is 15.3 Å². The minimum absolute atomic E-state index is 0.0103. The van der Waals surface area contributed by atoms with Gasteiger partial charge >= 0.3 is 0 Å². The van der Waals surface area contributed by atoms with Crippen molar-refractivity contribution in [3.8, 4) is 5.69 Å². The molecule has 0 spiro atoms. The Balaban J connectivity index is 1.72. The van der Waals surface area contributed by atoms with Gasteiger partial charge in [-0.15, -0.1) is 0 Å². The number of pyridine rings is 1. The number of aryl methyl sites for hydroxylation is 2. The van der Waals surface area contributed by atoms with Crippen molar-refractivity contribution < 1.29 is 4.79 Å². The molecule has 4 aromatic rings. The quantitative estimate of drug-likeness (QED) is 0.301. The summed E-state index contributed by atoms with van der Waals surface area (Å²) in [5.41, 5.74) is 3.03. The van der Waals surface area contributed by atoms with Crippen LogP contribution in [0.4, 0.5) is 5.82 Å². The first-order chi connectivity index (χ1) is 15.3. The summed E-state index contributed by atoms with van der Waals surface area (Å²) in [5, 5.41) is 4.22. The second-order valence-electron chi connectivity index (χ2n) is 7.11. The molecule has 0 aliphatic heterocycles. The number of amides is 1. The van der Waals surface area contributed by atoms with Gasteiger partial charge in [-0.05, 0) is 43.2 Å². The number of aromatic nitrogens is 3. The molecule has 0 aliphatic carbocycles. The lowest BCUT2D eigenvalue weighted by Crippen LogP contribution is -2.24. The van der Waals surface area contributed by atoms with E-state index < -0.39 is 0 Å². The van der Waals surface area contributed by atoms with Gasteiger partial charge in [-0.25, -0.2) is 9.97 Å². The standard InChI is InChI=1S/C23H18Cl2N4O2S/c1-13-6-5-7-14(2)20(13)29-22(31)16-8-3-4-9-18(16)27-23(29)32-12-19(30)28-21-17(25)10-15(24)11-26-21/h3-11H,12H2,1-2H3,(H,26,28,30). The van der Waals surface area contributed by atoms with Crippen LogP contribution in [0.25, 0.3) is 16.6 Å². The smallest absolute Gasteiger partial charge is 0.266 e. The van der Waals surface area contributed by atoms with Gasteiger partial charge < -0.3 is 5.32 Å². The van der Waals surface area contributed by atoms with Gasteiger partial charge in [-0.3, -0.25) is 14.2 Å². The van der Waals surface area contributed by atoms with Crippen molar-refractivity contribution in [2.24, 2.45) is 0 Å². The zero-order chi connectivity index (χ0) is 22.8. The average Bonchev–Trinajstić information content (AvgIpc) is 2.76. The fraction of sp³-hybridized carbons (Fsp3) is 0.130. The number of nitrogens with one attached hydrogen (secondary N) is 1. The van der Waals surface area contributed by atoms with Crippen LogP contribution in [-0.4, -0.2) is 26.2 Å². The molecule has 162 valence electrons. The molecule has 1 amide bonds. The van der Waals surface area contributed by atoms with Crippen LogP contribution in [0, 0.1) is 13.8 Å². The molecule has 6 nitrogen and oxygen atoms in total. The van der Waals surface area contributed by atoms with Crippen LogP contribution in [0.5, 0.6) is 0 Å². The van der Waals surface area contributed by atoms with Crippen molar-refractivity contribution >= 4 is 57.6 Å². The topological polar surface area (TPSA) is 76.9 Å². The Morgan fingerprint density at radius 3 is 2.53 bits per heavy atom. The van der Waals surface area contributed by atoms with Crippen LogP contribution in [0.2, 0.25) is 10.0 Å². The Hall–Kier alpha value is -2.87. The van der Waals surface area contributed by atoms with Gasteiger partial charge in [0.05, 0.1) is 32.4 Å². The molecule has 32 heavy (non-hydrogen) atoms. The number of fused-ring (bicyclic) bond motifs is 1. The number of carbonyl (C=O) groups excluding carboxylic acids is 1. The van der Waals surface area contributed by atoms with E-state index in [9.17, 15) is 9.59 Å². The monoisotopic (exact) mass is 484 g/mol. The van der Waals surface area contributed by atoms with E-state index in [1.54, 1.807) is 16.7 Å².